The Kier molecular flexibility index (Phi) is 6.91. The van der Waals surface area contributed by atoms with Crippen LogP contribution in [0.15, 0.2) is 18.2 Å². The molecule has 1 saturated heterocycles. The molecule has 1 aliphatic heterocycles. The summed E-state index contributed by atoms with van der Waals surface area (Å²) in [6, 6.07) is 5.50. The van der Waals surface area contributed by atoms with Crippen molar-refractivity contribution in [3.05, 3.63) is 29.7 Å². The molecular weight excluding hydrogens is 401 g/mol. The standard InChI is InChI=1S/C22H28FN5O3/c1-22(2,3)19(21(30)25-10-9-24)26-20(29)17-15-5-4-6-16(23)18(15)28(27-17)13-14-7-11-31-12-8-14/h4-6,14,19H,7-8,10-13H2,1-3H3,(H,25,30)(H,26,29). The van der Waals surface area contributed by atoms with Crippen LogP contribution in [0.2, 0.25) is 0 Å². The number of carbonyl (C=O) groups is 2. The maximum absolute atomic E-state index is 14.7. The second kappa shape index (κ2) is 9.43. The van der Waals surface area contributed by atoms with E-state index in [9.17, 15) is 14.0 Å². The van der Waals surface area contributed by atoms with Crippen LogP contribution < -0.4 is 10.6 Å². The predicted molar refractivity (Wildman–Crippen MR) is 113 cm³/mol. The van der Waals surface area contributed by atoms with Gasteiger partial charge in [-0.1, -0.05) is 32.9 Å². The fourth-order valence-electron chi connectivity index (χ4n) is 3.77. The zero-order valence-electron chi connectivity index (χ0n) is 18.1. The van der Waals surface area contributed by atoms with Crippen LogP contribution in [0, 0.1) is 28.5 Å². The molecule has 2 N–H and O–H groups in total. The van der Waals surface area contributed by atoms with Crippen molar-refractivity contribution in [2.45, 2.75) is 46.2 Å². The first-order valence-corrected chi connectivity index (χ1v) is 10.4. The highest BCUT2D eigenvalue weighted by atomic mass is 19.1. The summed E-state index contributed by atoms with van der Waals surface area (Å²) in [5, 5.41) is 18.8. The topological polar surface area (TPSA) is 109 Å². The van der Waals surface area contributed by atoms with Crippen LogP contribution in [0.3, 0.4) is 0 Å². The monoisotopic (exact) mass is 429 g/mol. The average molecular weight is 429 g/mol. The van der Waals surface area contributed by atoms with Crippen molar-refractivity contribution < 1.29 is 18.7 Å². The summed E-state index contributed by atoms with van der Waals surface area (Å²) in [5.41, 5.74) is -0.259. The molecule has 1 aromatic carbocycles. The molecule has 1 fully saturated rings. The fraction of sp³-hybridized carbons (Fsp3) is 0.545. The van der Waals surface area contributed by atoms with Gasteiger partial charge >= 0.3 is 0 Å². The second-order valence-electron chi connectivity index (χ2n) is 8.87. The van der Waals surface area contributed by atoms with Crippen LogP contribution in [0.25, 0.3) is 10.9 Å². The minimum Gasteiger partial charge on any atom is -0.381 e. The number of rotatable bonds is 6. The van der Waals surface area contributed by atoms with Gasteiger partial charge in [-0.25, -0.2) is 4.39 Å². The van der Waals surface area contributed by atoms with Crippen LogP contribution >= 0.6 is 0 Å². The summed E-state index contributed by atoms with van der Waals surface area (Å²) in [4.78, 5) is 25.7. The fourth-order valence-corrected chi connectivity index (χ4v) is 3.77. The molecule has 1 unspecified atom stereocenters. The normalized spacial score (nSPS) is 16.0. The minimum atomic E-state index is -0.891. The zero-order chi connectivity index (χ0) is 22.6. The number of hydrogen-bond acceptors (Lipinski definition) is 5. The quantitative estimate of drug-likeness (QED) is 0.686. The van der Waals surface area contributed by atoms with E-state index < -0.39 is 29.1 Å². The van der Waals surface area contributed by atoms with Crippen molar-refractivity contribution in [2.24, 2.45) is 11.3 Å². The molecule has 8 nitrogen and oxygen atoms in total. The second-order valence-corrected chi connectivity index (χ2v) is 8.87. The molecule has 1 atom stereocenters. The number of halogens is 1. The molecule has 2 heterocycles. The van der Waals surface area contributed by atoms with Gasteiger partial charge < -0.3 is 15.4 Å². The lowest BCUT2D eigenvalue weighted by molar-refractivity contribution is -0.125. The largest absolute Gasteiger partial charge is 0.381 e. The van der Waals surface area contributed by atoms with Crippen LogP contribution in [-0.4, -0.2) is 47.4 Å². The molecule has 9 heteroatoms. The summed E-state index contributed by atoms with van der Waals surface area (Å²) >= 11 is 0. The Labute approximate surface area is 180 Å². The first-order chi connectivity index (χ1) is 14.7. The zero-order valence-corrected chi connectivity index (χ0v) is 18.1. The smallest absolute Gasteiger partial charge is 0.273 e. The van der Waals surface area contributed by atoms with E-state index in [-0.39, 0.29) is 23.7 Å². The number of para-hydroxylation sites is 1. The molecule has 1 aliphatic rings. The molecule has 31 heavy (non-hydrogen) atoms. The van der Waals surface area contributed by atoms with Crippen molar-refractivity contribution >= 4 is 22.7 Å². The van der Waals surface area contributed by atoms with Gasteiger partial charge in [-0.2, -0.15) is 10.4 Å². The summed E-state index contributed by atoms with van der Waals surface area (Å²) in [7, 11) is 0. The number of aromatic nitrogens is 2. The highest BCUT2D eigenvalue weighted by Crippen LogP contribution is 2.26. The first kappa shape index (κ1) is 22.7. The molecule has 166 valence electrons. The van der Waals surface area contributed by atoms with Gasteiger partial charge in [-0.3, -0.25) is 14.3 Å². The Morgan fingerprint density at radius 2 is 2.06 bits per heavy atom. The van der Waals surface area contributed by atoms with E-state index in [0.717, 1.165) is 12.8 Å². The number of nitriles is 1. The number of amides is 2. The molecule has 0 radical (unpaired) electrons. The third-order valence-electron chi connectivity index (χ3n) is 5.45. The molecule has 1 aromatic heterocycles. The molecule has 0 saturated carbocycles. The Morgan fingerprint density at radius 3 is 2.71 bits per heavy atom. The van der Waals surface area contributed by atoms with E-state index in [1.54, 1.807) is 10.7 Å². The minimum absolute atomic E-state index is 0.0730. The van der Waals surface area contributed by atoms with Crippen LogP contribution in [-0.2, 0) is 16.1 Å². The van der Waals surface area contributed by atoms with Crippen LogP contribution in [0.5, 0.6) is 0 Å². The van der Waals surface area contributed by atoms with E-state index in [1.165, 1.54) is 12.1 Å². The van der Waals surface area contributed by atoms with Crippen LogP contribution in [0.4, 0.5) is 4.39 Å². The number of ether oxygens (including phenoxy) is 1. The summed E-state index contributed by atoms with van der Waals surface area (Å²) in [6.07, 6.45) is 1.70. The molecular formula is C22H28FN5O3. The molecule has 0 aliphatic carbocycles. The van der Waals surface area contributed by atoms with Gasteiger partial charge in [0.2, 0.25) is 5.91 Å². The van der Waals surface area contributed by atoms with Crippen molar-refractivity contribution in [2.75, 3.05) is 19.8 Å². The lowest BCUT2D eigenvalue weighted by Crippen LogP contribution is -2.53. The number of fused-ring (bicyclic) bond motifs is 1. The summed E-state index contributed by atoms with van der Waals surface area (Å²) < 4.78 is 21.6. The lowest BCUT2D eigenvalue weighted by Gasteiger charge is -2.29. The highest BCUT2D eigenvalue weighted by molar-refractivity contribution is 6.06. The number of hydrogen-bond donors (Lipinski definition) is 2. The summed E-state index contributed by atoms with van der Waals surface area (Å²) in [5.74, 6) is -1.19. The van der Waals surface area contributed by atoms with Gasteiger partial charge in [-0.05, 0) is 30.2 Å². The van der Waals surface area contributed by atoms with Gasteiger partial charge in [-0.15, -0.1) is 0 Å². The average Bonchev–Trinajstić information content (AvgIpc) is 3.09. The maximum Gasteiger partial charge on any atom is 0.273 e. The van der Waals surface area contributed by atoms with Crippen molar-refractivity contribution in [1.82, 2.24) is 20.4 Å². The number of benzene rings is 1. The van der Waals surface area contributed by atoms with Crippen molar-refractivity contribution in [3.8, 4) is 6.07 Å². The number of nitrogens with one attached hydrogen (secondary N) is 2. The maximum atomic E-state index is 14.7. The van der Waals surface area contributed by atoms with Gasteiger partial charge in [0.15, 0.2) is 5.69 Å². The molecule has 0 spiro atoms. The van der Waals surface area contributed by atoms with Crippen molar-refractivity contribution in [3.63, 3.8) is 0 Å². The Balaban J connectivity index is 1.92. The molecule has 0 bridgehead atoms. The first-order valence-electron chi connectivity index (χ1n) is 10.4. The predicted octanol–water partition coefficient (Wildman–Crippen LogP) is 2.39. The Morgan fingerprint density at radius 1 is 1.35 bits per heavy atom. The van der Waals surface area contributed by atoms with Gasteiger partial charge in [0, 0.05) is 25.1 Å². The SMILES string of the molecule is CC(C)(C)C(NC(=O)c1nn(CC2CCOCC2)c2c(F)cccc12)C(=O)NCC#N. The van der Waals surface area contributed by atoms with Crippen molar-refractivity contribution in [1.29, 1.82) is 5.26 Å². The van der Waals surface area contributed by atoms with Crippen LogP contribution in [0.1, 0.15) is 44.1 Å². The van der Waals surface area contributed by atoms with Gasteiger partial charge in [0.05, 0.1) is 6.07 Å². The molecule has 2 aromatic rings. The third kappa shape index (κ3) is 5.20. The molecule has 3 rings (SSSR count). The lowest BCUT2D eigenvalue weighted by atomic mass is 9.86. The van der Waals surface area contributed by atoms with E-state index in [0.29, 0.717) is 25.1 Å². The summed E-state index contributed by atoms with van der Waals surface area (Å²) in [6.45, 7) is 7.08. The highest BCUT2D eigenvalue weighted by Gasteiger charge is 2.34. The number of nitrogens with zero attached hydrogens (tertiary/aromatic N) is 3. The van der Waals surface area contributed by atoms with Gasteiger partial charge in [0.25, 0.3) is 5.91 Å². The number of carbonyl (C=O) groups excluding carboxylic acids is 2. The van der Waals surface area contributed by atoms with E-state index in [2.05, 4.69) is 15.7 Å². The van der Waals surface area contributed by atoms with E-state index in [4.69, 9.17) is 10.00 Å². The Hall–Kier alpha value is -2.99. The van der Waals surface area contributed by atoms with Gasteiger partial charge in [0.1, 0.15) is 23.9 Å². The van der Waals surface area contributed by atoms with E-state index in [1.807, 2.05) is 26.8 Å². The Bertz CT molecular complexity index is 999. The van der Waals surface area contributed by atoms with E-state index >= 15 is 0 Å². The molecule has 2 amide bonds. The third-order valence-corrected chi connectivity index (χ3v) is 5.45.